The van der Waals surface area contributed by atoms with Crippen LogP contribution in [0.1, 0.15) is 26.7 Å². The molecule has 1 aromatic heterocycles. The summed E-state index contributed by atoms with van der Waals surface area (Å²) >= 11 is 17.5. The lowest BCUT2D eigenvalue weighted by Crippen LogP contribution is -2.33. The molecule has 0 aliphatic rings. The molecule has 0 aliphatic carbocycles. The summed E-state index contributed by atoms with van der Waals surface area (Å²) in [6, 6.07) is 1.38. The molecule has 0 amide bonds. The second kappa shape index (κ2) is 9.30. The fraction of sp³-hybridized carbons (Fsp3) is 0.538. The average Bonchev–Trinajstić information content (AvgIpc) is 2.43. The predicted molar refractivity (Wildman–Crippen MR) is 81.2 cm³/mol. The third-order valence-corrected chi connectivity index (χ3v) is 3.26. The first-order valence-electron chi connectivity index (χ1n) is 6.46. The van der Waals surface area contributed by atoms with E-state index in [2.05, 4.69) is 4.98 Å². The molecule has 0 aliphatic heterocycles. The van der Waals surface area contributed by atoms with Crippen LogP contribution in [-0.2, 0) is 14.3 Å². The largest absolute Gasteiger partial charge is 0.461 e. The van der Waals surface area contributed by atoms with Crippen molar-refractivity contribution in [3.05, 3.63) is 21.3 Å². The van der Waals surface area contributed by atoms with E-state index in [-0.39, 0.29) is 27.7 Å². The van der Waals surface area contributed by atoms with E-state index < -0.39 is 12.3 Å². The van der Waals surface area contributed by atoms with Gasteiger partial charge in [0.2, 0.25) is 5.88 Å². The minimum absolute atomic E-state index is 0.0206. The number of pyridine rings is 1. The molecule has 5 nitrogen and oxygen atoms in total. The monoisotopic (exact) mass is 355 g/mol. The lowest BCUT2D eigenvalue weighted by atomic mass is 10.4. The van der Waals surface area contributed by atoms with Crippen LogP contribution in [-0.4, -0.2) is 30.5 Å². The van der Waals surface area contributed by atoms with Gasteiger partial charge in [-0.15, -0.1) is 0 Å². The standard InChI is InChI=1S/C13H16Cl3NO4/c1-3-5-6-20-13(12(18)19-4-2)21-11-9(15)7-8(14)10(16)17-11/h7,13H,3-6H2,1-2H3. The highest BCUT2D eigenvalue weighted by atomic mass is 35.5. The van der Waals surface area contributed by atoms with Crippen LogP contribution in [0.3, 0.4) is 0 Å². The number of carbonyl (C=O) groups is 1. The van der Waals surface area contributed by atoms with Gasteiger partial charge in [0.15, 0.2) is 5.15 Å². The van der Waals surface area contributed by atoms with Crippen LogP contribution in [0, 0.1) is 0 Å². The van der Waals surface area contributed by atoms with Gasteiger partial charge in [0, 0.05) is 0 Å². The predicted octanol–water partition coefficient (Wildman–Crippen LogP) is 4.13. The number of halogens is 3. The van der Waals surface area contributed by atoms with Crippen molar-refractivity contribution in [1.29, 1.82) is 0 Å². The van der Waals surface area contributed by atoms with Gasteiger partial charge in [-0.05, 0) is 19.4 Å². The van der Waals surface area contributed by atoms with Gasteiger partial charge in [0.25, 0.3) is 0 Å². The number of rotatable bonds is 8. The molecule has 1 rings (SSSR count). The Morgan fingerprint density at radius 2 is 2.00 bits per heavy atom. The Morgan fingerprint density at radius 1 is 1.29 bits per heavy atom. The lowest BCUT2D eigenvalue weighted by Gasteiger charge is -2.18. The highest BCUT2D eigenvalue weighted by Crippen LogP contribution is 2.31. The summed E-state index contributed by atoms with van der Waals surface area (Å²) in [4.78, 5) is 15.7. The van der Waals surface area contributed by atoms with E-state index in [1.807, 2.05) is 6.92 Å². The second-order valence-electron chi connectivity index (χ2n) is 3.97. The quantitative estimate of drug-likeness (QED) is 0.303. The number of unbranched alkanes of at least 4 members (excludes halogenated alkanes) is 1. The van der Waals surface area contributed by atoms with E-state index in [4.69, 9.17) is 49.0 Å². The molecular formula is C13H16Cl3NO4. The van der Waals surface area contributed by atoms with E-state index in [0.717, 1.165) is 12.8 Å². The molecule has 0 bridgehead atoms. The fourth-order valence-corrected chi connectivity index (χ4v) is 1.84. The molecule has 1 atom stereocenters. The molecule has 0 radical (unpaired) electrons. The van der Waals surface area contributed by atoms with Crippen LogP contribution in [0.2, 0.25) is 15.2 Å². The maximum absolute atomic E-state index is 11.8. The minimum Gasteiger partial charge on any atom is -0.461 e. The topological polar surface area (TPSA) is 57.7 Å². The zero-order valence-electron chi connectivity index (χ0n) is 11.7. The maximum atomic E-state index is 11.8. The normalized spacial score (nSPS) is 12.0. The highest BCUT2D eigenvalue weighted by Gasteiger charge is 2.25. The third kappa shape index (κ3) is 5.87. The Hall–Kier alpha value is -0.750. The van der Waals surface area contributed by atoms with Crippen molar-refractivity contribution in [1.82, 2.24) is 4.98 Å². The van der Waals surface area contributed by atoms with Crippen LogP contribution in [0.15, 0.2) is 6.07 Å². The number of hydrogen-bond donors (Lipinski definition) is 0. The molecule has 8 heteroatoms. The summed E-state index contributed by atoms with van der Waals surface area (Å²) < 4.78 is 15.6. The second-order valence-corrected chi connectivity index (χ2v) is 5.15. The number of hydrogen-bond acceptors (Lipinski definition) is 5. The molecule has 0 fully saturated rings. The van der Waals surface area contributed by atoms with Gasteiger partial charge in [-0.3, -0.25) is 0 Å². The molecule has 1 heterocycles. The van der Waals surface area contributed by atoms with Gasteiger partial charge >= 0.3 is 12.3 Å². The average molecular weight is 357 g/mol. The van der Waals surface area contributed by atoms with Crippen molar-refractivity contribution in [2.75, 3.05) is 13.2 Å². The number of ether oxygens (including phenoxy) is 3. The van der Waals surface area contributed by atoms with Crippen molar-refractivity contribution < 1.29 is 19.0 Å². The van der Waals surface area contributed by atoms with E-state index in [1.54, 1.807) is 6.92 Å². The molecular weight excluding hydrogens is 341 g/mol. The molecule has 1 aromatic rings. The zero-order chi connectivity index (χ0) is 15.8. The van der Waals surface area contributed by atoms with Gasteiger partial charge in [-0.2, -0.15) is 4.98 Å². The van der Waals surface area contributed by atoms with Crippen LogP contribution in [0.25, 0.3) is 0 Å². The smallest absolute Gasteiger partial charge is 0.376 e. The maximum Gasteiger partial charge on any atom is 0.376 e. The Labute approximate surface area is 138 Å². The lowest BCUT2D eigenvalue weighted by molar-refractivity contribution is -0.177. The van der Waals surface area contributed by atoms with Crippen LogP contribution in [0.5, 0.6) is 5.88 Å². The van der Waals surface area contributed by atoms with Gasteiger partial charge < -0.3 is 14.2 Å². The van der Waals surface area contributed by atoms with Gasteiger partial charge in [0.1, 0.15) is 5.02 Å². The van der Waals surface area contributed by atoms with Gasteiger partial charge in [0.05, 0.1) is 18.2 Å². The Morgan fingerprint density at radius 3 is 2.62 bits per heavy atom. The number of aromatic nitrogens is 1. The fourth-order valence-electron chi connectivity index (χ4n) is 1.31. The van der Waals surface area contributed by atoms with Crippen molar-refractivity contribution >= 4 is 40.8 Å². The molecule has 0 saturated carbocycles. The summed E-state index contributed by atoms with van der Waals surface area (Å²) in [6.45, 7) is 4.24. The van der Waals surface area contributed by atoms with Crippen LogP contribution < -0.4 is 4.74 Å². The first-order valence-corrected chi connectivity index (χ1v) is 7.59. The molecule has 118 valence electrons. The summed E-state index contributed by atoms with van der Waals surface area (Å²) in [6.07, 6.45) is 0.446. The molecule has 21 heavy (non-hydrogen) atoms. The molecule has 0 N–H and O–H groups in total. The highest BCUT2D eigenvalue weighted by molar-refractivity contribution is 6.42. The minimum atomic E-state index is -1.25. The molecule has 0 spiro atoms. The van der Waals surface area contributed by atoms with E-state index in [9.17, 15) is 4.79 Å². The summed E-state index contributed by atoms with van der Waals surface area (Å²) in [5.41, 5.74) is 0. The Kier molecular flexibility index (Phi) is 8.11. The Bertz CT molecular complexity index is 485. The molecule has 0 saturated heterocycles. The summed E-state index contributed by atoms with van der Waals surface area (Å²) in [7, 11) is 0. The number of esters is 1. The first-order chi connectivity index (χ1) is 9.99. The van der Waals surface area contributed by atoms with E-state index in [0.29, 0.717) is 6.61 Å². The third-order valence-electron chi connectivity index (χ3n) is 2.32. The summed E-state index contributed by atoms with van der Waals surface area (Å²) in [5, 5.41) is 0.332. The van der Waals surface area contributed by atoms with Crippen molar-refractivity contribution in [3.63, 3.8) is 0 Å². The molecule has 0 aromatic carbocycles. The van der Waals surface area contributed by atoms with Gasteiger partial charge in [-0.1, -0.05) is 48.1 Å². The first kappa shape index (κ1) is 18.3. The van der Waals surface area contributed by atoms with Crippen molar-refractivity contribution in [3.8, 4) is 5.88 Å². The number of nitrogens with zero attached hydrogens (tertiary/aromatic N) is 1. The van der Waals surface area contributed by atoms with E-state index in [1.165, 1.54) is 6.07 Å². The Balaban J connectivity index is 2.84. The van der Waals surface area contributed by atoms with Crippen molar-refractivity contribution in [2.45, 2.75) is 33.0 Å². The zero-order valence-corrected chi connectivity index (χ0v) is 14.0. The van der Waals surface area contributed by atoms with Crippen LogP contribution in [0.4, 0.5) is 0 Å². The molecule has 1 unspecified atom stereocenters. The van der Waals surface area contributed by atoms with E-state index >= 15 is 0 Å². The van der Waals surface area contributed by atoms with Crippen LogP contribution >= 0.6 is 34.8 Å². The van der Waals surface area contributed by atoms with Crippen molar-refractivity contribution in [2.24, 2.45) is 0 Å². The SMILES string of the molecule is CCCCOC(Oc1nc(Cl)c(Cl)cc1Cl)C(=O)OCC. The van der Waals surface area contributed by atoms with Gasteiger partial charge in [-0.25, -0.2) is 4.79 Å². The summed E-state index contributed by atoms with van der Waals surface area (Å²) in [5.74, 6) is -0.696. The number of carbonyl (C=O) groups excluding carboxylic acids is 1.